The van der Waals surface area contributed by atoms with Crippen LogP contribution < -0.4 is 5.01 Å². The van der Waals surface area contributed by atoms with Gasteiger partial charge in [-0.3, -0.25) is 5.01 Å². The van der Waals surface area contributed by atoms with Crippen LogP contribution in [0.4, 0.5) is 10.1 Å². The number of thiophene rings is 1. The Morgan fingerprint density at radius 1 is 1.08 bits per heavy atom. The standard InChI is InChI=1S/C19H14ClFN2S/c20-14-3-1-4-16(11-14)23-18(13-6-8-15(21)9-7-13)12-17(22-23)19-5-2-10-24-19/h1-11,18H,12H2/t18-/m0/s1. The van der Waals surface area contributed by atoms with E-state index in [1.54, 1.807) is 11.3 Å². The summed E-state index contributed by atoms with van der Waals surface area (Å²) in [6.45, 7) is 0. The third kappa shape index (κ3) is 2.95. The number of rotatable bonds is 3. The molecule has 2 aromatic carbocycles. The van der Waals surface area contributed by atoms with E-state index in [1.165, 1.54) is 12.1 Å². The molecule has 0 bridgehead atoms. The molecule has 120 valence electrons. The zero-order valence-corrected chi connectivity index (χ0v) is 14.3. The summed E-state index contributed by atoms with van der Waals surface area (Å²) in [4.78, 5) is 1.16. The maximum absolute atomic E-state index is 13.3. The van der Waals surface area contributed by atoms with E-state index in [0.717, 1.165) is 28.3 Å². The molecule has 0 aliphatic carbocycles. The maximum atomic E-state index is 13.3. The lowest BCUT2D eigenvalue weighted by atomic mass is 10.0. The van der Waals surface area contributed by atoms with Crippen molar-refractivity contribution in [2.45, 2.75) is 12.5 Å². The molecule has 2 heterocycles. The number of anilines is 1. The Labute approximate surface area is 148 Å². The van der Waals surface area contributed by atoms with Crippen LogP contribution in [-0.4, -0.2) is 5.71 Å². The second kappa shape index (κ2) is 6.38. The van der Waals surface area contributed by atoms with Crippen LogP contribution in [-0.2, 0) is 0 Å². The van der Waals surface area contributed by atoms with Crippen molar-refractivity contribution in [1.82, 2.24) is 0 Å². The molecule has 2 nitrogen and oxygen atoms in total. The van der Waals surface area contributed by atoms with Gasteiger partial charge in [-0.2, -0.15) is 5.10 Å². The minimum atomic E-state index is -0.231. The number of hydrogen-bond donors (Lipinski definition) is 0. The van der Waals surface area contributed by atoms with Gasteiger partial charge in [-0.15, -0.1) is 11.3 Å². The van der Waals surface area contributed by atoms with Gasteiger partial charge in [-0.1, -0.05) is 35.9 Å². The molecular weight excluding hydrogens is 343 g/mol. The Kier molecular flexibility index (Phi) is 4.08. The highest BCUT2D eigenvalue weighted by Crippen LogP contribution is 2.38. The summed E-state index contributed by atoms with van der Waals surface area (Å²) >= 11 is 7.83. The van der Waals surface area contributed by atoms with Gasteiger partial charge in [0.2, 0.25) is 0 Å². The Morgan fingerprint density at radius 3 is 2.62 bits per heavy atom. The molecule has 4 rings (SSSR count). The van der Waals surface area contributed by atoms with Crippen molar-refractivity contribution >= 4 is 34.3 Å². The van der Waals surface area contributed by atoms with E-state index in [4.69, 9.17) is 16.7 Å². The first kappa shape index (κ1) is 15.4. The zero-order valence-electron chi connectivity index (χ0n) is 12.7. The van der Waals surface area contributed by atoms with Crippen molar-refractivity contribution in [3.05, 3.63) is 87.3 Å². The lowest BCUT2D eigenvalue weighted by Gasteiger charge is -2.24. The van der Waals surface area contributed by atoms with Crippen molar-refractivity contribution < 1.29 is 4.39 Å². The molecule has 5 heteroatoms. The van der Waals surface area contributed by atoms with Crippen LogP contribution in [0.2, 0.25) is 5.02 Å². The van der Waals surface area contributed by atoms with Crippen LogP contribution in [0.3, 0.4) is 0 Å². The van der Waals surface area contributed by atoms with E-state index < -0.39 is 0 Å². The Balaban J connectivity index is 1.76. The van der Waals surface area contributed by atoms with Gasteiger partial charge in [0, 0.05) is 11.4 Å². The Bertz CT molecular complexity index is 875. The molecule has 0 fully saturated rings. The lowest BCUT2D eigenvalue weighted by Crippen LogP contribution is -2.18. The molecule has 0 N–H and O–H groups in total. The van der Waals surface area contributed by atoms with Crippen molar-refractivity contribution in [1.29, 1.82) is 0 Å². The molecule has 1 aromatic heterocycles. The first-order chi connectivity index (χ1) is 11.7. The number of hydrogen-bond acceptors (Lipinski definition) is 3. The summed E-state index contributed by atoms with van der Waals surface area (Å²) in [5.74, 6) is -0.231. The summed E-state index contributed by atoms with van der Waals surface area (Å²) in [6, 6.07) is 18.4. The molecule has 1 aliphatic heterocycles. The van der Waals surface area contributed by atoms with Crippen molar-refractivity contribution in [3.63, 3.8) is 0 Å². The average molecular weight is 357 g/mol. The molecule has 1 atom stereocenters. The number of hydrazone groups is 1. The first-order valence-electron chi connectivity index (χ1n) is 7.62. The molecule has 3 aromatic rings. The summed E-state index contributed by atoms with van der Waals surface area (Å²) in [7, 11) is 0. The van der Waals surface area contributed by atoms with E-state index in [9.17, 15) is 4.39 Å². The van der Waals surface area contributed by atoms with Crippen LogP contribution in [0.15, 0.2) is 71.1 Å². The van der Waals surface area contributed by atoms with Crippen molar-refractivity contribution in [3.8, 4) is 0 Å². The van der Waals surface area contributed by atoms with E-state index in [2.05, 4.69) is 6.07 Å². The minimum Gasteiger partial charge on any atom is -0.257 e. The number of halogens is 2. The number of benzene rings is 2. The summed E-state index contributed by atoms with van der Waals surface area (Å²) in [6.07, 6.45) is 0.776. The topological polar surface area (TPSA) is 15.6 Å². The smallest absolute Gasteiger partial charge is 0.123 e. The van der Waals surface area contributed by atoms with Gasteiger partial charge in [0.25, 0.3) is 0 Å². The van der Waals surface area contributed by atoms with Crippen molar-refractivity contribution in [2.75, 3.05) is 5.01 Å². The fraction of sp³-hybridized carbons (Fsp3) is 0.105. The molecule has 0 radical (unpaired) electrons. The Morgan fingerprint density at radius 2 is 1.92 bits per heavy atom. The molecule has 0 spiro atoms. The van der Waals surface area contributed by atoms with Gasteiger partial charge in [0.1, 0.15) is 5.82 Å². The third-order valence-corrected chi connectivity index (χ3v) is 5.20. The van der Waals surface area contributed by atoms with Crippen LogP contribution in [0, 0.1) is 5.82 Å². The van der Waals surface area contributed by atoms with Gasteiger partial charge in [0.15, 0.2) is 0 Å². The van der Waals surface area contributed by atoms with Gasteiger partial charge in [-0.05, 0) is 47.3 Å². The van der Waals surface area contributed by atoms with Gasteiger partial charge in [-0.25, -0.2) is 4.39 Å². The molecule has 0 saturated heterocycles. The molecular formula is C19H14ClFN2S. The van der Waals surface area contributed by atoms with Gasteiger partial charge < -0.3 is 0 Å². The quantitative estimate of drug-likeness (QED) is 0.570. The van der Waals surface area contributed by atoms with E-state index in [1.807, 2.05) is 52.9 Å². The fourth-order valence-electron chi connectivity index (χ4n) is 2.90. The highest BCUT2D eigenvalue weighted by atomic mass is 35.5. The molecule has 0 unspecified atom stereocenters. The second-order valence-electron chi connectivity index (χ2n) is 5.62. The summed E-state index contributed by atoms with van der Waals surface area (Å²) in [5.41, 5.74) is 3.01. The zero-order chi connectivity index (χ0) is 16.5. The molecule has 0 saturated carbocycles. The molecule has 1 aliphatic rings. The maximum Gasteiger partial charge on any atom is 0.123 e. The van der Waals surface area contributed by atoms with Crippen LogP contribution in [0.1, 0.15) is 22.9 Å². The molecule has 0 amide bonds. The van der Waals surface area contributed by atoms with Crippen LogP contribution >= 0.6 is 22.9 Å². The SMILES string of the molecule is Fc1ccc([C@@H]2CC(c3cccs3)=NN2c2cccc(Cl)c2)cc1. The second-order valence-corrected chi connectivity index (χ2v) is 7.00. The largest absolute Gasteiger partial charge is 0.257 e. The monoisotopic (exact) mass is 356 g/mol. The van der Waals surface area contributed by atoms with Gasteiger partial charge in [0.05, 0.1) is 22.3 Å². The summed E-state index contributed by atoms with van der Waals surface area (Å²) in [5, 5.41) is 9.53. The third-order valence-electron chi connectivity index (χ3n) is 4.04. The van der Waals surface area contributed by atoms with E-state index in [-0.39, 0.29) is 11.9 Å². The molecule has 24 heavy (non-hydrogen) atoms. The number of nitrogens with zero attached hydrogens (tertiary/aromatic N) is 2. The van der Waals surface area contributed by atoms with E-state index in [0.29, 0.717) is 5.02 Å². The highest BCUT2D eigenvalue weighted by Gasteiger charge is 2.30. The van der Waals surface area contributed by atoms with E-state index >= 15 is 0 Å². The first-order valence-corrected chi connectivity index (χ1v) is 8.88. The predicted octanol–water partition coefficient (Wildman–Crippen LogP) is 5.90. The summed E-state index contributed by atoms with van der Waals surface area (Å²) < 4.78 is 13.3. The predicted molar refractivity (Wildman–Crippen MR) is 98.5 cm³/mol. The van der Waals surface area contributed by atoms with Crippen molar-refractivity contribution in [2.24, 2.45) is 5.10 Å². The van der Waals surface area contributed by atoms with Crippen LogP contribution in [0.5, 0.6) is 0 Å². The fourth-order valence-corrected chi connectivity index (χ4v) is 3.81. The van der Waals surface area contributed by atoms with Gasteiger partial charge >= 0.3 is 0 Å². The highest BCUT2D eigenvalue weighted by molar-refractivity contribution is 7.12. The lowest BCUT2D eigenvalue weighted by molar-refractivity contribution is 0.624. The normalized spacial score (nSPS) is 17.2. The minimum absolute atomic E-state index is 0.0289. The average Bonchev–Trinajstić information content (AvgIpc) is 3.25. The van der Waals surface area contributed by atoms with Crippen LogP contribution in [0.25, 0.3) is 0 Å². The Hall–Kier alpha value is -2.17.